The molecule has 7 heteroatoms. The number of hydrogen-bond donors (Lipinski definition) is 2. The van der Waals surface area contributed by atoms with Crippen LogP contribution in [-0.2, 0) is 23.9 Å². The number of Topliss-reactive ketones (excluding diaryl/α,β-unsaturated/α-hetero) is 1. The maximum Gasteiger partial charge on any atom is 0.311 e. The highest BCUT2D eigenvalue weighted by molar-refractivity contribution is 5.95. The minimum absolute atomic E-state index is 0.0505. The van der Waals surface area contributed by atoms with Gasteiger partial charge in [0.15, 0.2) is 17.5 Å². The highest BCUT2D eigenvalue weighted by atomic mass is 16.6. The van der Waals surface area contributed by atoms with E-state index in [9.17, 15) is 24.6 Å². The number of aliphatic hydroxyl groups is 2. The molecule has 4 aliphatic carbocycles. The van der Waals surface area contributed by atoms with Crippen LogP contribution in [0, 0.1) is 45.3 Å². The van der Waals surface area contributed by atoms with E-state index in [0.29, 0.717) is 12.0 Å². The van der Waals surface area contributed by atoms with Gasteiger partial charge < -0.3 is 19.7 Å². The van der Waals surface area contributed by atoms with Gasteiger partial charge in [0.05, 0.1) is 16.2 Å². The zero-order chi connectivity index (χ0) is 28.1. The van der Waals surface area contributed by atoms with Gasteiger partial charge in [0.2, 0.25) is 0 Å². The summed E-state index contributed by atoms with van der Waals surface area (Å²) in [4.78, 5) is 40.2. The lowest BCUT2D eigenvalue weighted by Crippen LogP contribution is -2.66. The van der Waals surface area contributed by atoms with Crippen LogP contribution in [0.15, 0.2) is 23.3 Å². The number of allylic oxidation sites excluding steroid dienone is 1. The van der Waals surface area contributed by atoms with Crippen molar-refractivity contribution in [2.24, 2.45) is 45.3 Å². The van der Waals surface area contributed by atoms with Gasteiger partial charge in [-0.1, -0.05) is 32.9 Å². The molecule has 0 aromatic carbocycles. The first kappa shape index (κ1) is 28.0. The van der Waals surface area contributed by atoms with Crippen LogP contribution in [0.2, 0.25) is 0 Å². The molecular formula is C30H44O7. The number of aliphatic hydroxyl groups excluding tert-OH is 1. The molecule has 0 amide bonds. The summed E-state index contributed by atoms with van der Waals surface area (Å²) in [7, 11) is 0. The molecular weight excluding hydrogens is 472 g/mol. The third kappa shape index (κ3) is 3.86. The van der Waals surface area contributed by atoms with Crippen molar-refractivity contribution in [2.75, 3.05) is 6.61 Å². The molecule has 0 radical (unpaired) electrons. The van der Waals surface area contributed by atoms with Crippen LogP contribution in [0.3, 0.4) is 0 Å². The molecule has 1 unspecified atom stereocenters. The summed E-state index contributed by atoms with van der Waals surface area (Å²) in [5.41, 5.74) is -4.44. The number of esters is 2. The third-order valence-corrected chi connectivity index (χ3v) is 9.53. The Labute approximate surface area is 220 Å². The third-order valence-electron chi connectivity index (χ3n) is 9.53. The van der Waals surface area contributed by atoms with E-state index in [1.807, 2.05) is 6.92 Å². The van der Waals surface area contributed by atoms with Gasteiger partial charge in [-0.3, -0.25) is 14.4 Å². The molecule has 0 aromatic rings. The Morgan fingerprint density at radius 3 is 2.19 bits per heavy atom. The Hall–Kier alpha value is -1.99. The molecule has 4 rings (SSSR count). The standard InChI is InChI=1S/C30H44O7/c1-15-13-29-16(2)11-19-20(28(19,9)10)18(22(29)32)12-17(14-36-24(33)26(3,4)5)21(31)30(29,35)23(15)37-25(34)27(6,7)8/h12-13,16,18-21,23,31,35H,11,14H2,1-10H3/t16?,18-,19+,20-,21+,23-,29-,30-/m0/s1. The molecule has 1 spiro atoms. The molecule has 206 valence electrons. The Bertz CT molecular complexity index is 1080. The van der Waals surface area contributed by atoms with E-state index in [1.165, 1.54) is 0 Å². The monoisotopic (exact) mass is 516 g/mol. The van der Waals surface area contributed by atoms with Gasteiger partial charge in [0, 0.05) is 5.92 Å². The molecule has 0 aromatic heterocycles. The average molecular weight is 517 g/mol. The van der Waals surface area contributed by atoms with Gasteiger partial charge in [0.1, 0.15) is 12.7 Å². The van der Waals surface area contributed by atoms with Crippen LogP contribution >= 0.6 is 0 Å². The minimum atomic E-state index is -2.13. The quantitative estimate of drug-likeness (QED) is 0.431. The van der Waals surface area contributed by atoms with E-state index in [2.05, 4.69) is 13.8 Å². The van der Waals surface area contributed by atoms with Crippen molar-refractivity contribution in [3.05, 3.63) is 23.3 Å². The number of rotatable bonds is 3. The Kier molecular flexibility index (Phi) is 6.25. The highest BCUT2D eigenvalue weighted by Gasteiger charge is 2.76. The van der Waals surface area contributed by atoms with Crippen molar-refractivity contribution < 1.29 is 34.1 Å². The summed E-state index contributed by atoms with van der Waals surface area (Å²) in [6, 6.07) is 0. The van der Waals surface area contributed by atoms with Crippen molar-refractivity contribution in [3.8, 4) is 0 Å². The summed E-state index contributed by atoms with van der Waals surface area (Å²) < 4.78 is 11.5. The number of ketones is 1. The number of carbonyl (C=O) groups is 3. The van der Waals surface area contributed by atoms with Crippen LogP contribution in [0.25, 0.3) is 0 Å². The van der Waals surface area contributed by atoms with Crippen molar-refractivity contribution in [1.82, 2.24) is 0 Å². The van der Waals surface area contributed by atoms with Gasteiger partial charge >= 0.3 is 11.9 Å². The average Bonchev–Trinajstić information content (AvgIpc) is 3.25. The molecule has 8 atom stereocenters. The summed E-state index contributed by atoms with van der Waals surface area (Å²) in [6.07, 6.45) is 1.40. The normalized spacial score (nSPS) is 40.4. The van der Waals surface area contributed by atoms with Crippen molar-refractivity contribution in [1.29, 1.82) is 0 Å². The van der Waals surface area contributed by atoms with Gasteiger partial charge in [0.25, 0.3) is 0 Å². The first-order valence-corrected chi connectivity index (χ1v) is 13.4. The number of ether oxygens (including phenoxy) is 2. The molecule has 0 aliphatic heterocycles. The molecule has 4 aliphatic rings. The zero-order valence-electron chi connectivity index (χ0n) is 24.0. The topological polar surface area (TPSA) is 110 Å². The largest absolute Gasteiger partial charge is 0.461 e. The molecule has 2 bridgehead atoms. The Morgan fingerprint density at radius 1 is 1.08 bits per heavy atom. The first-order chi connectivity index (χ1) is 16.7. The van der Waals surface area contributed by atoms with Crippen molar-refractivity contribution in [2.45, 2.75) is 93.5 Å². The van der Waals surface area contributed by atoms with E-state index in [-0.39, 0.29) is 41.1 Å². The van der Waals surface area contributed by atoms with Gasteiger partial charge in [-0.05, 0) is 89.2 Å². The first-order valence-electron chi connectivity index (χ1n) is 13.4. The fourth-order valence-corrected chi connectivity index (χ4v) is 7.23. The second-order valence-corrected chi connectivity index (χ2v) is 14.6. The second kappa shape index (κ2) is 8.25. The van der Waals surface area contributed by atoms with Crippen LogP contribution in [0.1, 0.15) is 75.7 Å². The number of fused-ring (bicyclic) bond motifs is 3. The molecule has 0 saturated heterocycles. The predicted octanol–water partition coefficient (Wildman–Crippen LogP) is 4.01. The SMILES string of the molecule is CC1=C[C@]23C(=O)[C@@H](C=C(COC(=O)C(C)(C)C)[C@@H](O)[C@]2(O)[C@H]1OC(=O)C(C)(C)C)[C@H]1[C@@H](CC3C)C1(C)C. The van der Waals surface area contributed by atoms with Gasteiger partial charge in [-0.15, -0.1) is 0 Å². The molecule has 37 heavy (non-hydrogen) atoms. The van der Waals surface area contributed by atoms with Crippen molar-refractivity contribution in [3.63, 3.8) is 0 Å². The number of hydrogen-bond acceptors (Lipinski definition) is 7. The fourth-order valence-electron chi connectivity index (χ4n) is 7.23. The van der Waals surface area contributed by atoms with Crippen LogP contribution in [0.4, 0.5) is 0 Å². The maximum absolute atomic E-state index is 14.5. The summed E-state index contributed by atoms with van der Waals surface area (Å²) in [5.74, 6) is -1.69. The lowest BCUT2D eigenvalue weighted by Gasteiger charge is -2.49. The minimum Gasteiger partial charge on any atom is -0.461 e. The Morgan fingerprint density at radius 2 is 1.65 bits per heavy atom. The summed E-state index contributed by atoms with van der Waals surface area (Å²) in [6.45, 7) is 18.1. The lowest BCUT2D eigenvalue weighted by atomic mass is 9.59. The van der Waals surface area contributed by atoms with E-state index < -0.39 is 51.9 Å². The lowest BCUT2D eigenvalue weighted by molar-refractivity contribution is -0.207. The summed E-state index contributed by atoms with van der Waals surface area (Å²) in [5, 5.41) is 24.5. The fraction of sp³-hybridized carbons (Fsp3) is 0.767. The molecule has 2 saturated carbocycles. The van der Waals surface area contributed by atoms with Crippen LogP contribution in [-0.4, -0.2) is 52.4 Å². The van der Waals surface area contributed by atoms with E-state index >= 15 is 0 Å². The molecule has 7 nitrogen and oxygen atoms in total. The van der Waals surface area contributed by atoms with Crippen LogP contribution < -0.4 is 0 Å². The van der Waals surface area contributed by atoms with Gasteiger partial charge in [-0.2, -0.15) is 0 Å². The highest BCUT2D eigenvalue weighted by Crippen LogP contribution is 2.71. The van der Waals surface area contributed by atoms with E-state index in [4.69, 9.17) is 9.47 Å². The zero-order valence-corrected chi connectivity index (χ0v) is 24.0. The molecule has 0 heterocycles. The number of carbonyl (C=O) groups excluding carboxylic acids is 3. The second-order valence-electron chi connectivity index (χ2n) is 14.6. The maximum atomic E-state index is 14.5. The molecule has 2 fully saturated rings. The predicted molar refractivity (Wildman–Crippen MR) is 138 cm³/mol. The van der Waals surface area contributed by atoms with Crippen molar-refractivity contribution >= 4 is 17.7 Å². The Balaban J connectivity index is 1.86. The van der Waals surface area contributed by atoms with Crippen LogP contribution in [0.5, 0.6) is 0 Å². The smallest absolute Gasteiger partial charge is 0.311 e. The summed E-state index contributed by atoms with van der Waals surface area (Å²) >= 11 is 0. The molecule has 2 N–H and O–H groups in total. The van der Waals surface area contributed by atoms with Gasteiger partial charge in [-0.25, -0.2) is 0 Å². The van der Waals surface area contributed by atoms with E-state index in [1.54, 1.807) is 60.6 Å². The van der Waals surface area contributed by atoms with E-state index in [0.717, 1.165) is 0 Å².